The summed E-state index contributed by atoms with van der Waals surface area (Å²) in [6.07, 6.45) is 0.855. The van der Waals surface area contributed by atoms with Gasteiger partial charge in [0.25, 0.3) is 5.91 Å². The van der Waals surface area contributed by atoms with Gasteiger partial charge in [0.1, 0.15) is 0 Å². The van der Waals surface area contributed by atoms with Gasteiger partial charge in [-0.25, -0.2) is 4.79 Å². The summed E-state index contributed by atoms with van der Waals surface area (Å²) in [7, 11) is 0. The predicted octanol–water partition coefficient (Wildman–Crippen LogP) is 1.32. The molecule has 1 unspecified atom stereocenters. The summed E-state index contributed by atoms with van der Waals surface area (Å²) in [5.41, 5.74) is 7.07. The van der Waals surface area contributed by atoms with Crippen molar-refractivity contribution in [2.75, 3.05) is 24.5 Å². The van der Waals surface area contributed by atoms with Crippen LogP contribution in [0.25, 0.3) is 0 Å². The SMILES string of the molecule is CC(C)CC(CN)NC(=O)c1ccc(N2CCNC2=O)cc1. The van der Waals surface area contributed by atoms with Crippen LogP contribution in [0.5, 0.6) is 0 Å². The van der Waals surface area contributed by atoms with Gasteiger partial charge in [-0.05, 0) is 36.6 Å². The number of rotatable bonds is 6. The van der Waals surface area contributed by atoms with E-state index in [4.69, 9.17) is 5.73 Å². The van der Waals surface area contributed by atoms with E-state index in [1.165, 1.54) is 0 Å². The lowest BCUT2D eigenvalue weighted by Crippen LogP contribution is -2.41. The predicted molar refractivity (Wildman–Crippen MR) is 87.0 cm³/mol. The molecule has 1 atom stereocenters. The number of carbonyl (C=O) groups excluding carboxylic acids is 2. The fourth-order valence-corrected chi connectivity index (χ4v) is 2.56. The van der Waals surface area contributed by atoms with Crippen molar-refractivity contribution in [3.8, 4) is 0 Å². The largest absolute Gasteiger partial charge is 0.348 e. The zero-order valence-corrected chi connectivity index (χ0v) is 13.1. The number of nitrogens with two attached hydrogens (primary N) is 1. The molecule has 120 valence electrons. The maximum Gasteiger partial charge on any atom is 0.321 e. The maximum absolute atomic E-state index is 12.2. The number of anilines is 1. The van der Waals surface area contributed by atoms with Gasteiger partial charge in [-0.2, -0.15) is 0 Å². The first-order valence-corrected chi connectivity index (χ1v) is 7.67. The van der Waals surface area contributed by atoms with Gasteiger partial charge in [0.05, 0.1) is 0 Å². The lowest BCUT2D eigenvalue weighted by atomic mass is 10.0. The molecule has 6 nitrogen and oxygen atoms in total. The summed E-state index contributed by atoms with van der Waals surface area (Å²) < 4.78 is 0. The average molecular weight is 304 g/mol. The highest BCUT2D eigenvalue weighted by atomic mass is 16.2. The van der Waals surface area contributed by atoms with Gasteiger partial charge < -0.3 is 16.4 Å². The van der Waals surface area contributed by atoms with E-state index < -0.39 is 0 Å². The Hall–Kier alpha value is -2.08. The number of benzene rings is 1. The van der Waals surface area contributed by atoms with Crippen LogP contribution >= 0.6 is 0 Å². The lowest BCUT2D eigenvalue weighted by molar-refractivity contribution is 0.0934. The van der Waals surface area contributed by atoms with E-state index in [0.29, 0.717) is 31.1 Å². The van der Waals surface area contributed by atoms with E-state index in [2.05, 4.69) is 24.5 Å². The number of nitrogens with one attached hydrogen (secondary N) is 2. The molecule has 2 rings (SSSR count). The van der Waals surface area contributed by atoms with Crippen molar-refractivity contribution in [1.29, 1.82) is 0 Å². The van der Waals surface area contributed by atoms with Crippen molar-refractivity contribution in [2.24, 2.45) is 11.7 Å². The molecule has 22 heavy (non-hydrogen) atoms. The molecular formula is C16H24N4O2. The molecule has 1 fully saturated rings. The zero-order valence-electron chi connectivity index (χ0n) is 13.1. The third-order valence-electron chi connectivity index (χ3n) is 3.67. The van der Waals surface area contributed by atoms with Crippen molar-refractivity contribution in [3.05, 3.63) is 29.8 Å². The zero-order chi connectivity index (χ0) is 16.1. The Morgan fingerprint density at radius 1 is 1.36 bits per heavy atom. The number of hydrogen-bond acceptors (Lipinski definition) is 3. The van der Waals surface area contributed by atoms with Gasteiger partial charge in [0.15, 0.2) is 0 Å². The average Bonchev–Trinajstić information content (AvgIpc) is 2.92. The molecule has 0 radical (unpaired) electrons. The normalized spacial score (nSPS) is 15.8. The van der Waals surface area contributed by atoms with Gasteiger partial charge >= 0.3 is 6.03 Å². The second-order valence-electron chi connectivity index (χ2n) is 5.97. The Kier molecular flexibility index (Phi) is 5.38. The first-order valence-electron chi connectivity index (χ1n) is 7.67. The third-order valence-corrected chi connectivity index (χ3v) is 3.67. The van der Waals surface area contributed by atoms with Crippen LogP contribution < -0.4 is 21.3 Å². The maximum atomic E-state index is 12.2. The van der Waals surface area contributed by atoms with Gasteiger partial charge in [0.2, 0.25) is 0 Å². The standard InChI is InChI=1S/C16H24N4O2/c1-11(2)9-13(10-17)19-15(21)12-3-5-14(6-4-12)20-8-7-18-16(20)22/h3-6,11,13H,7-10,17H2,1-2H3,(H,18,22)(H,19,21). The van der Waals surface area contributed by atoms with E-state index in [-0.39, 0.29) is 18.0 Å². The van der Waals surface area contributed by atoms with Crippen LogP contribution in [0.15, 0.2) is 24.3 Å². The summed E-state index contributed by atoms with van der Waals surface area (Å²) in [6, 6.07) is 6.94. The second-order valence-corrected chi connectivity index (χ2v) is 5.97. The molecule has 0 saturated carbocycles. The van der Waals surface area contributed by atoms with E-state index in [1.807, 2.05) is 0 Å². The van der Waals surface area contributed by atoms with E-state index in [0.717, 1.165) is 12.1 Å². The van der Waals surface area contributed by atoms with E-state index in [1.54, 1.807) is 29.2 Å². The molecule has 0 spiro atoms. The van der Waals surface area contributed by atoms with Crippen molar-refractivity contribution in [2.45, 2.75) is 26.3 Å². The fraction of sp³-hybridized carbons (Fsp3) is 0.500. The van der Waals surface area contributed by atoms with Gasteiger partial charge in [0, 0.05) is 36.9 Å². The minimum Gasteiger partial charge on any atom is -0.348 e. The van der Waals surface area contributed by atoms with Crippen LogP contribution in [0.2, 0.25) is 0 Å². The molecule has 0 aliphatic carbocycles. The minimum atomic E-state index is -0.131. The quantitative estimate of drug-likeness (QED) is 0.740. The molecule has 1 aromatic rings. The molecule has 1 heterocycles. The summed E-state index contributed by atoms with van der Waals surface area (Å²) >= 11 is 0. The molecule has 1 aromatic carbocycles. The van der Waals surface area contributed by atoms with Crippen LogP contribution in [-0.2, 0) is 0 Å². The topological polar surface area (TPSA) is 87.5 Å². The molecule has 6 heteroatoms. The lowest BCUT2D eigenvalue weighted by Gasteiger charge is -2.19. The van der Waals surface area contributed by atoms with Crippen LogP contribution in [-0.4, -0.2) is 37.6 Å². The summed E-state index contributed by atoms with van der Waals surface area (Å²) in [4.78, 5) is 25.5. The molecule has 3 amide bonds. The van der Waals surface area contributed by atoms with Crippen molar-refractivity contribution < 1.29 is 9.59 Å². The Bertz CT molecular complexity index is 527. The number of amides is 3. The van der Waals surface area contributed by atoms with Crippen LogP contribution in [0.3, 0.4) is 0 Å². The van der Waals surface area contributed by atoms with Crippen molar-refractivity contribution in [1.82, 2.24) is 10.6 Å². The summed E-state index contributed by atoms with van der Waals surface area (Å²) in [6.45, 7) is 5.92. The van der Waals surface area contributed by atoms with Crippen LogP contribution in [0.4, 0.5) is 10.5 Å². The number of hydrogen-bond donors (Lipinski definition) is 3. The molecule has 0 bridgehead atoms. The van der Waals surface area contributed by atoms with E-state index >= 15 is 0 Å². The Labute approximate surface area is 131 Å². The number of carbonyl (C=O) groups is 2. The Morgan fingerprint density at radius 3 is 2.55 bits per heavy atom. The molecular weight excluding hydrogens is 280 g/mol. The molecule has 0 aromatic heterocycles. The van der Waals surface area contributed by atoms with Crippen LogP contribution in [0.1, 0.15) is 30.6 Å². The second kappa shape index (κ2) is 7.26. The first kappa shape index (κ1) is 16.3. The molecule has 4 N–H and O–H groups in total. The van der Waals surface area contributed by atoms with Gasteiger partial charge in [-0.1, -0.05) is 13.8 Å². The highest BCUT2D eigenvalue weighted by Gasteiger charge is 2.21. The fourth-order valence-electron chi connectivity index (χ4n) is 2.56. The number of nitrogens with zero attached hydrogens (tertiary/aromatic N) is 1. The Balaban J connectivity index is 2.00. The smallest absolute Gasteiger partial charge is 0.321 e. The monoisotopic (exact) mass is 304 g/mol. The molecule has 1 aliphatic heterocycles. The van der Waals surface area contributed by atoms with Crippen molar-refractivity contribution in [3.63, 3.8) is 0 Å². The highest BCUT2D eigenvalue weighted by molar-refractivity contribution is 5.97. The van der Waals surface area contributed by atoms with Gasteiger partial charge in [-0.3, -0.25) is 9.69 Å². The van der Waals surface area contributed by atoms with Gasteiger partial charge in [-0.15, -0.1) is 0 Å². The van der Waals surface area contributed by atoms with E-state index in [9.17, 15) is 9.59 Å². The Morgan fingerprint density at radius 2 is 2.05 bits per heavy atom. The minimum absolute atomic E-state index is 0.0171. The highest BCUT2D eigenvalue weighted by Crippen LogP contribution is 2.17. The summed E-state index contributed by atoms with van der Waals surface area (Å²) in [5.74, 6) is 0.346. The summed E-state index contributed by atoms with van der Waals surface area (Å²) in [5, 5.41) is 5.71. The molecule has 1 aliphatic rings. The van der Waals surface area contributed by atoms with Crippen molar-refractivity contribution >= 4 is 17.6 Å². The van der Waals surface area contributed by atoms with Crippen LogP contribution in [0, 0.1) is 5.92 Å². The third kappa shape index (κ3) is 3.98. The first-order chi connectivity index (χ1) is 10.5. The number of urea groups is 1. The molecule has 1 saturated heterocycles.